The van der Waals surface area contributed by atoms with E-state index in [0.29, 0.717) is 22.8 Å². The average molecular weight is 400 g/mol. The normalized spacial score (nSPS) is 14.4. The molecule has 1 rings (SSSR count). The molecule has 0 spiro atoms. The molecule has 0 aromatic heterocycles. The van der Waals surface area contributed by atoms with Crippen LogP contribution in [-0.2, 0) is 10.9 Å². The van der Waals surface area contributed by atoms with Crippen LogP contribution in [-0.4, -0.2) is 46.5 Å². The number of aryl methyl sites for hydroxylation is 1. The predicted molar refractivity (Wildman–Crippen MR) is 85.2 cm³/mol. The van der Waals surface area contributed by atoms with Crippen LogP contribution in [0.25, 0.3) is 0 Å². The van der Waals surface area contributed by atoms with Crippen molar-refractivity contribution in [1.82, 2.24) is 0 Å². The number of aliphatic hydroxyl groups is 2. The quantitative estimate of drug-likeness (QED) is 0.313. The van der Waals surface area contributed by atoms with Crippen molar-refractivity contribution in [2.24, 2.45) is 0 Å². The molecule has 0 aliphatic rings. The molecule has 0 bridgehead atoms. The molecule has 142 valence electrons. The summed E-state index contributed by atoms with van der Waals surface area (Å²) in [5.41, 5.74) is 1.84. The van der Waals surface area contributed by atoms with Gasteiger partial charge >= 0.3 is 33.0 Å². The molecule has 3 nitrogen and oxygen atoms in total. The van der Waals surface area contributed by atoms with Crippen molar-refractivity contribution < 1.29 is 40.2 Å². The Bertz CT molecular complexity index is 515. The summed E-state index contributed by atoms with van der Waals surface area (Å²) in [7, 11) is -10.9. The maximum absolute atomic E-state index is 12.0. The van der Waals surface area contributed by atoms with Crippen molar-refractivity contribution in [3.63, 3.8) is 0 Å². The summed E-state index contributed by atoms with van der Waals surface area (Å²) in [5.74, 6) is 1.70. The number of benzene rings is 1. The molecule has 0 heterocycles. The zero-order chi connectivity index (χ0) is 19.1. The summed E-state index contributed by atoms with van der Waals surface area (Å²) in [6.07, 6.45) is 0. The van der Waals surface area contributed by atoms with Crippen LogP contribution in [0.4, 0.5) is 25.2 Å². The number of hydrogen-bond donors (Lipinski definition) is 2. The summed E-state index contributed by atoms with van der Waals surface area (Å²) >= 11 is 0. The van der Waals surface area contributed by atoms with E-state index in [4.69, 9.17) is 10.2 Å². The Kier molecular flexibility index (Phi) is 7.75. The van der Waals surface area contributed by atoms with Crippen LogP contribution in [0.5, 0.6) is 0 Å². The van der Waals surface area contributed by atoms with Crippen LogP contribution >= 0.6 is 7.81 Å². The monoisotopic (exact) mass is 400 g/mol. The van der Waals surface area contributed by atoms with E-state index in [-0.39, 0.29) is 29.9 Å². The van der Waals surface area contributed by atoms with Gasteiger partial charge in [0.15, 0.2) is 5.75 Å². The fourth-order valence-electron chi connectivity index (χ4n) is 1.51. The van der Waals surface area contributed by atoms with E-state index >= 15 is 0 Å². The van der Waals surface area contributed by atoms with Crippen molar-refractivity contribution in [3.05, 3.63) is 35.4 Å². The van der Waals surface area contributed by atoms with E-state index in [2.05, 4.69) is 0 Å². The zero-order valence-corrected chi connectivity index (χ0v) is 14.5. The van der Waals surface area contributed by atoms with Crippen molar-refractivity contribution >= 4 is 24.5 Å². The Morgan fingerprint density at radius 2 is 1.33 bits per heavy atom. The summed E-state index contributed by atoms with van der Waals surface area (Å²) in [4.78, 5) is 12.0. The van der Waals surface area contributed by atoms with Gasteiger partial charge in [-0.3, -0.25) is 4.79 Å². The minimum absolute atomic E-state index is 0.0737. The molecule has 0 atom stereocenters. The second kappa shape index (κ2) is 8.03. The molecule has 11 heteroatoms. The summed E-state index contributed by atoms with van der Waals surface area (Å²) < 4.78 is 59.2. The van der Waals surface area contributed by atoms with Crippen LogP contribution in [0.1, 0.15) is 15.9 Å². The van der Waals surface area contributed by atoms with Crippen LogP contribution in [0.3, 0.4) is 0 Å². The van der Waals surface area contributed by atoms with Gasteiger partial charge in [0.2, 0.25) is 5.78 Å². The maximum atomic E-state index is 12.0. The van der Waals surface area contributed by atoms with Crippen molar-refractivity contribution in [2.45, 2.75) is 6.92 Å². The third kappa shape index (κ3) is 16.0. The van der Waals surface area contributed by atoms with Gasteiger partial charge in [-0.15, -0.1) is 0 Å². The molecule has 0 amide bonds. The molecule has 0 fully saturated rings. The van der Waals surface area contributed by atoms with Crippen LogP contribution in [0.15, 0.2) is 24.3 Å². The first-order valence-corrected chi connectivity index (χ1v) is 10.4. The van der Waals surface area contributed by atoms with Crippen LogP contribution < -0.4 is 0 Å². The van der Waals surface area contributed by atoms with Crippen LogP contribution in [0.2, 0.25) is 0 Å². The molecule has 0 unspecified atom stereocenters. The minimum atomic E-state index is -10.7. The number of hydrogen-bond acceptors (Lipinski definition) is 3. The zero-order valence-electron chi connectivity index (χ0n) is 12.8. The van der Waals surface area contributed by atoms with E-state index in [9.17, 15) is 30.0 Å². The first-order valence-electron chi connectivity index (χ1n) is 6.64. The van der Waals surface area contributed by atoms with Gasteiger partial charge in [-0.05, 0) is 6.92 Å². The van der Waals surface area contributed by atoms with E-state index in [0.717, 1.165) is 5.56 Å². The second-order valence-corrected chi connectivity index (χ2v) is 9.11. The molecule has 24 heavy (non-hydrogen) atoms. The van der Waals surface area contributed by atoms with Gasteiger partial charge in [0.1, 0.15) is 11.5 Å². The third-order valence-electron chi connectivity index (χ3n) is 2.47. The third-order valence-corrected chi connectivity index (χ3v) is 4.66. The molecule has 0 radical (unpaired) electrons. The Hall–Kier alpha value is -0.830. The first-order chi connectivity index (χ1) is 10.6. The molecule has 1 aromatic rings. The van der Waals surface area contributed by atoms with Crippen molar-refractivity contribution in [3.8, 4) is 0 Å². The van der Waals surface area contributed by atoms with Crippen LogP contribution in [0, 0.1) is 6.92 Å². The summed E-state index contributed by atoms with van der Waals surface area (Å²) in [5, 5.41) is 17.8. The molecule has 0 aliphatic carbocycles. The Morgan fingerprint density at radius 3 is 1.67 bits per heavy atom. The summed E-state index contributed by atoms with van der Waals surface area (Å²) in [6, 6.07) is 7.50. The van der Waals surface area contributed by atoms with Gasteiger partial charge in [0.05, 0.1) is 13.2 Å². The first kappa shape index (κ1) is 23.2. The number of halogens is 6. The Labute approximate surface area is 138 Å². The SMILES string of the molecule is Cc1ccc(C(=O)C[S+](CCO)CCO)cc1.F[P-](F)(F)(F)(F)F. The number of Topliss-reactive ketones (excluding diaryl/α,β-unsaturated/α-hetero) is 1. The van der Waals surface area contributed by atoms with Gasteiger partial charge in [-0.2, -0.15) is 0 Å². The molecule has 0 aliphatic heterocycles. The average Bonchev–Trinajstić information content (AvgIpc) is 2.36. The fourth-order valence-corrected chi connectivity index (χ4v) is 3.06. The van der Waals surface area contributed by atoms with E-state index in [1.807, 2.05) is 31.2 Å². The standard InChI is InChI=1S/C13H19O3S.F6P/c1-11-2-4-12(5-3-11)13(16)10-17(8-6-14)9-7-15;1-7(2,3,4,5)6/h2-5,14-15H,6-10H2,1H3;/q+1;-1. The molecule has 1 aromatic carbocycles. The molecule has 0 saturated heterocycles. The number of carbonyl (C=O) groups excluding carboxylic acids is 1. The molecule has 2 N–H and O–H groups in total. The second-order valence-electron chi connectivity index (χ2n) is 4.86. The number of ketones is 1. The topological polar surface area (TPSA) is 57.5 Å². The van der Waals surface area contributed by atoms with E-state index < -0.39 is 7.81 Å². The van der Waals surface area contributed by atoms with Gasteiger partial charge in [-0.25, -0.2) is 0 Å². The summed E-state index contributed by atoms with van der Waals surface area (Å²) in [6.45, 7) is 2.13. The van der Waals surface area contributed by atoms with Gasteiger partial charge in [0, 0.05) is 16.5 Å². The molecule has 0 saturated carbocycles. The van der Waals surface area contributed by atoms with Crippen molar-refractivity contribution in [1.29, 1.82) is 0 Å². The van der Waals surface area contributed by atoms with Crippen molar-refractivity contribution in [2.75, 3.05) is 30.5 Å². The number of carbonyl (C=O) groups is 1. The predicted octanol–water partition coefficient (Wildman–Crippen LogP) is 4.16. The fraction of sp³-hybridized carbons (Fsp3) is 0.462. The van der Waals surface area contributed by atoms with E-state index in [1.54, 1.807) is 0 Å². The van der Waals surface area contributed by atoms with Gasteiger partial charge in [-0.1, -0.05) is 29.8 Å². The van der Waals surface area contributed by atoms with Gasteiger partial charge in [0.25, 0.3) is 0 Å². The number of aliphatic hydroxyl groups excluding tert-OH is 2. The Balaban J connectivity index is 0.000000640. The van der Waals surface area contributed by atoms with E-state index in [1.165, 1.54) is 0 Å². The Morgan fingerprint density at radius 1 is 0.958 bits per heavy atom. The molecular formula is C13H19F6O3PS. The number of rotatable bonds is 7. The molecular weight excluding hydrogens is 381 g/mol. The van der Waals surface area contributed by atoms with Gasteiger partial charge < -0.3 is 10.2 Å².